The number of esters is 1. The molecular formula is C23H29NO5. The SMILES string of the molecule is COC(=O)CCCOc1ccc(/C=C/c2cc(C)cn2C(=O)OC(C)(C)C)cc1. The molecule has 0 unspecified atom stereocenters. The highest BCUT2D eigenvalue weighted by atomic mass is 16.6. The van der Waals surface area contributed by atoms with Crippen LogP contribution in [0.15, 0.2) is 36.5 Å². The molecule has 0 saturated carbocycles. The molecule has 2 rings (SSSR count). The Labute approximate surface area is 172 Å². The number of ether oxygens (including phenoxy) is 3. The van der Waals surface area contributed by atoms with Crippen molar-refractivity contribution in [3.8, 4) is 5.75 Å². The van der Waals surface area contributed by atoms with Crippen LogP contribution in [0.2, 0.25) is 0 Å². The molecule has 0 bridgehead atoms. The lowest BCUT2D eigenvalue weighted by Gasteiger charge is -2.20. The number of hydrogen-bond acceptors (Lipinski definition) is 5. The smallest absolute Gasteiger partial charge is 0.418 e. The maximum Gasteiger partial charge on any atom is 0.418 e. The zero-order valence-corrected chi connectivity index (χ0v) is 17.7. The first-order valence-electron chi connectivity index (χ1n) is 9.58. The van der Waals surface area contributed by atoms with E-state index in [9.17, 15) is 9.59 Å². The quantitative estimate of drug-likeness (QED) is 0.480. The van der Waals surface area contributed by atoms with Gasteiger partial charge in [-0.2, -0.15) is 0 Å². The van der Waals surface area contributed by atoms with Crippen molar-refractivity contribution in [2.75, 3.05) is 13.7 Å². The predicted molar refractivity (Wildman–Crippen MR) is 113 cm³/mol. The van der Waals surface area contributed by atoms with Gasteiger partial charge in [0.15, 0.2) is 0 Å². The van der Waals surface area contributed by atoms with Gasteiger partial charge in [0, 0.05) is 12.6 Å². The van der Waals surface area contributed by atoms with Crippen LogP contribution >= 0.6 is 0 Å². The fourth-order valence-electron chi connectivity index (χ4n) is 2.58. The summed E-state index contributed by atoms with van der Waals surface area (Å²) in [7, 11) is 1.38. The van der Waals surface area contributed by atoms with Crippen LogP contribution in [-0.4, -0.2) is 35.9 Å². The molecule has 0 saturated heterocycles. The minimum atomic E-state index is -0.553. The van der Waals surface area contributed by atoms with E-state index < -0.39 is 11.7 Å². The maximum absolute atomic E-state index is 12.4. The van der Waals surface area contributed by atoms with Gasteiger partial charge in [0.1, 0.15) is 11.4 Å². The highest BCUT2D eigenvalue weighted by molar-refractivity contribution is 5.78. The second kappa shape index (κ2) is 9.96. The number of methoxy groups -OCH3 is 1. The molecule has 0 aliphatic heterocycles. The van der Waals surface area contributed by atoms with Crippen LogP contribution in [0.3, 0.4) is 0 Å². The molecule has 29 heavy (non-hydrogen) atoms. The van der Waals surface area contributed by atoms with Crippen molar-refractivity contribution < 1.29 is 23.8 Å². The van der Waals surface area contributed by atoms with Crippen LogP contribution in [0.25, 0.3) is 12.2 Å². The average molecular weight is 399 g/mol. The summed E-state index contributed by atoms with van der Waals surface area (Å²) in [4.78, 5) is 23.5. The van der Waals surface area contributed by atoms with Crippen molar-refractivity contribution in [1.29, 1.82) is 0 Å². The highest BCUT2D eigenvalue weighted by Gasteiger charge is 2.19. The van der Waals surface area contributed by atoms with Crippen molar-refractivity contribution >= 4 is 24.2 Å². The van der Waals surface area contributed by atoms with Gasteiger partial charge in [0.25, 0.3) is 0 Å². The van der Waals surface area contributed by atoms with E-state index in [2.05, 4.69) is 4.74 Å². The number of carbonyl (C=O) groups excluding carboxylic acids is 2. The van der Waals surface area contributed by atoms with Crippen LogP contribution in [0.5, 0.6) is 5.75 Å². The van der Waals surface area contributed by atoms with Crippen LogP contribution < -0.4 is 4.74 Å². The Morgan fingerprint density at radius 2 is 1.79 bits per heavy atom. The highest BCUT2D eigenvalue weighted by Crippen LogP contribution is 2.18. The van der Waals surface area contributed by atoms with Gasteiger partial charge in [-0.3, -0.25) is 9.36 Å². The summed E-state index contributed by atoms with van der Waals surface area (Å²) in [6, 6.07) is 9.53. The molecule has 2 aromatic rings. The molecule has 1 aromatic heterocycles. The topological polar surface area (TPSA) is 66.8 Å². The monoisotopic (exact) mass is 399 g/mol. The van der Waals surface area contributed by atoms with E-state index in [-0.39, 0.29) is 5.97 Å². The summed E-state index contributed by atoms with van der Waals surface area (Å²) < 4.78 is 17.2. The molecule has 0 radical (unpaired) electrons. The second-order valence-electron chi connectivity index (χ2n) is 7.72. The molecule has 0 spiro atoms. The summed E-state index contributed by atoms with van der Waals surface area (Å²) in [5, 5.41) is 0. The molecule has 156 valence electrons. The summed E-state index contributed by atoms with van der Waals surface area (Å²) in [5.74, 6) is 0.500. The van der Waals surface area contributed by atoms with Crippen molar-refractivity contribution in [3.63, 3.8) is 0 Å². The number of carbonyl (C=O) groups is 2. The number of aryl methyl sites for hydroxylation is 1. The van der Waals surface area contributed by atoms with Gasteiger partial charge in [-0.05, 0) is 69.5 Å². The first kappa shape index (κ1) is 22.3. The third-order valence-corrected chi connectivity index (χ3v) is 3.92. The number of hydrogen-bond donors (Lipinski definition) is 0. The Kier molecular flexibility index (Phi) is 7.65. The molecule has 6 heteroatoms. The lowest BCUT2D eigenvalue weighted by molar-refractivity contribution is -0.140. The van der Waals surface area contributed by atoms with Gasteiger partial charge in [0.05, 0.1) is 19.4 Å². The lowest BCUT2D eigenvalue weighted by Crippen LogP contribution is -2.27. The Bertz CT molecular complexity index is 856. The maximum atomic E-state index is 12.4. The van der Waals surface area contributed by atoms with Crippen molar-refractivity contribution in [1.82, 2.24) is 4.57 Å². The van der Waals surface area contributed by atoms with Crippen LogP contribution in [0.4, 0.5) is 4.79 Å². The molecule has 0 aliphatic carbocycles. The van der Waals surface area contributed by atoms with E-state index in [1.54, 1.807) is 6.20 Å². The first-order valence-corrected chi connectivity index (χ1v) is 9.58. The summed E-state index contributed by atoms with van der Waals surface area (Å²) in [5.41, 5.74) is 2.15. The van der Waals surface area contributed by atoms with Gasteiger partial charge in [-0.1, -0.05) is 18.2 Å². The number of benzene rings is 1. The molecule has 1 heterocycles. The van der Waals surface area contributed by atoms with Crippen LogP contribution in [0, 0.1) is 6.92 Å². The number of aromatic nitrogens is 1. The van der Waals surface area contributed by atoms with E-state index in [4.69, 9.17) is 9.47 Å². The first-order chi connectivity index (χ1) is 13.7. The minimum Gasteiger partial charge on any atom is -0.494 e. The third kappa shape index (κ3) is 7.49. The zero-order valence-electron chi connectivity index (χ0n) is 17.7. The molecule has 0 fully saturated rings. The second-order valence-corrected chi connectivity index (χ2v) is 7.72. The molecule has 0 aliphatic rings. The van der Waals surface area contributed by atoms with Crippen molar-refractivity contribution in [3.05, 3.63) is 53.3 Å². The lowest BCUT2D eigenvalue weighted by atomic mass is 10.2. The van der Waals surface area contributed by atoms with Gasteiger partial charge >= 0.3 is 12.1 Å². The molecule has 6 nitrogen and oxygen atoms in total. The Morgan fingerprint density at radius 1 is 1.10 bits per heavy atom. The normalized spacial score (nSPS) is 11.5. The number of rotatable bonds is 7. The van der Waals surface area contributed by atoms with Gasteiger partial charge < -0.3 is 14.2 Å². The average Bonchev–Trinajstić information content (AvgIpc) is 3.04. The van der Waals surface area contributed by atoms with E-state index in [1.807, 2.05) is 70.2 Å². The molecular weight excluding hydrogens is 370 g/mol. The summed E-state index contributed by atoms with van der Waals surface area (Å²) >= 11 is 0. The largest absolute Gasteiger partial charge is 0.494 e. The molecule has 1 aromatic carbocycles. The number of nitrogens with zero attached hydrogens (tertiary/aromatic N) is 1. The third-order valence-electron chi connectivity index (χ3n) is 3.92. The molecule has 0 atom stereocenters. The van der Waals surface area contributed by atoms with E-state index in [0.29, 0.717) is 19.4 Å². The Hall–Kier alpha value is -3.02. The zero-order chi connectivity index (χ0) is 21.4. The van der Waals surface area contributed by atoms with Crippen LogP contribution in [-0.2, 0) is 14.3 Å². The van der Waals surface area contributed by atoms with E-state index >= 15 is 0 Å². The van der Waals surface area contributed by atoms with Crippen LogP contribution in [0.1, 0.15) is 50.4 Å². The summed E-state index contributed by atoms with van der Waals surface area (Å²) in [6.07, 6.45) is 6.11. The van der Waals surface area contributed by atoms with Crippen molar-refractivity contribution in [2.24, 2.45) is 0 Å². The minimum absolute atomic E-state index is 0.236. The van der Waals surface area contributed by atoms with Gasteiger partial charge in [0.2, 0.25) is 0 Å². The van der Waals surface area contributed by atoms with E-state index in [0.717, 1.165) is 22.6 Å². The van der Waals surface area contributed by atoms with Gasteiger partial charge in [-0.25, -0.2) is 4.79 Å². The fraction of sp³-hybridized carbons (Fsp3) is 0.391. The summed E-state index contributed by atoms with van der Waals surface area (Å²) in [6.45, 7) is 7.92. The Morgan fingerprint density at radius 3 is 2.41 bits per heavy atom. The van der Waals surface area contributed by atoms with E-state index in [1.165, 1.54) is 11.7 Å². The fourth-order valence-corrected chi connectivity index (χ4v) is 2.58. The van der Waals surface area contributed by atoms with Crippen molar-refractivity contribution in [2.45, 2.75) is 46.1 Å². The Balaban J connectivity index is 1.98. The standard InChI is InChI=1S/C23H29NO5/c1-17-15-19(24(16-17)22(26)29-23(2,3)4)11-8-18-9-12-20(13-10-18)28-14-6-7-21(25)27-5/h8-13,15-16H,6-7,14H2,1-5H3/b11-8+. The van der Waals surface area contributed by atoms with Gasteiger partial charge in [-0.15, -0.1) is 0 Å². The predicted octanol–water partition coefficient (Wildman–Crippen LogP) is 5.08. The molecule has 0 N–H and O–H groups in total. The molecule has 0 amide bonds.